The first-order valence-electron chi connectivity index (χ1n) is 7.93. The van der Waals surface area contributed by atoms with E-state index >= 15 is 0 Å². The van der Waals surface area contributed by atoms with Gasteiger partial charge in [0, 0.05) is 11.1 Å². The SMILES string of the molecule is CON=C(C(=O)OC)c1ccccc1C#CC(=O)C1C=CC=CC1=NOC. The van der Waals surface area contributed by atoms with Crippen LogP contribution in [0.3, 0.4) is 0 Å². The van der Waals surface area contributed by atoms with E-state index in [2.05, 4.69) is 22.2 Å². The van der Waals surface area contributed by atoms with E-state index in [9.17, 15) is 9.59 Å². The minimum Gasteiger partial charge on any atom is -0.464 e. The van der Waals surface area contributed by atoms with Gasteiger partial charge < -0.3 is 14.4 Å². The summed E-state index contributed by atoms with van der Waals surface area (Å²) in [5.74, 6) is 3.73. The number of ether oxygens (including phenoxy) is 1. The number of oxime groups is 2. The summed E-state index contributed by atoms with van der Waals surface area (Å²) in [4.78, 5) is 34.0. The molecule has 1 aliphatic rings. The number of hydrogen-bond acceptors (Lipinski definition) is 7. The number of carbonyl (C=O) groups excluding carboxylic acids is 2. The van der Waals surface area contributed by atoms with Gasteiger partial charge >= 0.3 is 5.97 Å². The first-order chi connectivity index (χ1) is 13.1. The molecule has 1 aromatic carbocycles. The number of benzene rings is 1. The second-order valence-electron chi connectivity index (χ2n) is 5.19. The fourth-order valence-corrected chi connectivity index (χ4v) is 2.34. The molecule has 0 heterocycles. The maximum absolute atomic E-state index is 12.5. The van der Waals surface area contributed by atoms with E-state index < -0.39 is 11.9 Å². The number of hydrogen-bond donors (Lipinski definition) is 0. The summed E-state index contributed by atoms with van der Waals surface area (Å²) in [6.07, 6.45) is 6.87. The summed E-state index contributed by atoms with van der Waals surface area (Å²) in [6, 6.07) is 6.77. The molecule has 7 heteroatoms. The predicted molar refractivity (Wildman–Crippen MR) is 100 cm³/mol. The zero-order valence-corrected chi connectivity index (χ0v) is 15.1. The lowest BCUT2D eigenvalue weighted by molar-refractivity contribution is -0.132. The van der Waals surface area contributed by atoms with Crippen LogP contribution >= 0.6 is 0 Å². The molecule has 1 unspecified atom stereocenters. The van der Waals surface area contributed by atoms with Crippen LogP contribution in [0.4, 0.5) is 0 Å². The Bertz CT molecular complexity index is 900. The second kappa shape index (κ2) is 9.73. The fourth-order valence-electron chi connectivity index (χ4n) is 2.34. The Morgan fingerprint density at radius 1 is 1.07 bits per heavy atom. The van der Waals surface area contributed by atoms with Crippen LogP contribution in [0.2, 0.25) is 0 Å². The van der Waals surface area contributed by atoms with Crippen molar-refractivity contribution in [3.8, 4) is 11.8 Å². The molecule has 0 saturated carbocycles. The third kappa shape index (κ3) is 4.92. The first-order valence-corrected chi connectivity index (χ1v) is 7.93. The van der Waals surface area contributed by atoms with Crippen LogP contribution < -0.4 is 0 Å². The molecule has 0 spiro atoms. The van der Waals surface area contributed by atoms with Gasteiger partial charge in [0.05, 0.1) is 18.7 Å². The molecule has 1 atom stereocenters. The van der Waals surface area contributed by atoms with Crippen LogP contribution in [0.15, 0.2) is 58.9 Å². The van der Waals surface area contributed by atoms with Gasteiger partial charge in [-0.1, -0.05) is 52.7 Å². The van der Waals surface area contributed by atoms with Crippen molar-refractivity contribution in [1.29, 1.82) is 0 Å². The summed E-state index contributed by atoms with van der Waals surface area (Å²) in [7, 11) is 3.97. The zero-order chi connectivity index (χ0) is 19.6. The number of carbonyl (C=O) groups is 2. The second-order valence-corrected chi connectivity index (χ2v) is 5.19. The minimum absolute atomic E-state index is 0.0421. The highest BCUT2D eigenvalue weighted by Crippen LogP contribution is 2.13. The third-order valence-corrected chi connectivity index (χ3v) is 3.54. The van der Waals surface area contributed by atoms with E-state index in [4.69, 9.17) is 14.4 Å². The predicted octanol–water partition coefficient (Wildman–Crippen LogP) is 1.88. The van der Waals surface area contributed by atoms with Crippen LogP contribution in [-0.2, 0) is 24.0 Å². The lowest BCUT2D eigenvalue weighted by Gasteiger charge is -2.10. The van der Waals surface area contributed by atoms with E-state index in [-0.39, 0.29) is 11.5 Å². The van der Waals surface area contributed by atoms with Gasteiger partial charge in [-0.25, -0.2) is 4.79 Å². The molecule has 0 N–H and O–H groups in total. The van der Waals surface area contributed by atoms with Crippen LogP contribution in [0, 0.1) is 17.8 Å². The monoisotopic (exact) mass is 366 g/mol. The molecule has 7 nitrogen and oxygen atoms in total. The molecule has 0 amide bonds. The molecule has 0 fully saturated rings. The lowest BCUT2D eigenvalue weighted by atomic mass is 9.94. The van der Waals surface area contributed by atoms with Crippen LogP contribution in [0.5, 0.6) is 0 Å². The number of rotatable bonds is 5. The average Bonchev–Trinajstić information content (AvgIpc) is 2.70. The highest BCUT2D eigenvalue weighted by Gasteiger charge is 2.22. The van der Waals surface area contributed by atoms with Crippen molar-refractivity contribution in [2.24, 2.45) is 16.2 Å². The Balaban J connectivity index is 2.37. The molecule has 27 heavy (non-hydrogen) atoms. The van der Waals surface area contributed by atoms with Crippen molar-refractivity contribution in [3.63, 3.8) is 0 Å². The molecule has 0 bridgehead atoms. The van der Waals surface area contributed by atoms with Crippen molar-refractivity contribution >= 4 is 23.2 Å². The molecule has 0 saturated heterocycles. The molecule has 0 aromatic heterocycles. The molecular formula is C20H18N2O5. The number of esters is 1. The number of ketones is 1. The molecule has 1 aliphatic carbocycles. The van der Waals surface area contributed by atoms with Gasteiger partial charge in [-0.3, -0.25) is 4.79 Å². The highest BCUT2D eigenvalue weighted by atomic mass is 16.6. The number of methoxy groups -OCH3 is 1. The molecule has 0 radical (unpaired) electrons. The smallest absolute Gasteiger partial charge is 0.360 e. The molecule has 2 rings (SSSR count). The quantitative estimate of drug-likeness (QED) is 0.344. The van der Waals surface area contributed by atoms with Gasteiger partial charge in [0.15, 0.2) is 5.71 Å². The highest BCUT2D eigenvalue weighted by molar-refractivity contribution is 6.43. The average molecular weight is 366 g/mol. The summed E-state index contributed by atoms with van der Waals surface area (Å²) < 4.78 is 4.72. The number of Topliss-reactive ketones (excluding diaryl/α,β-unsaturated/α-hetero) is 1. The minimum atomic E-state index is -0.674. The van der Waals surface area contributed by atoms with Crippen molar-refractivity contribution in [2.45, 2.75) is 0 Å². The van der Waals surface area contributed by atoms with E-state index in [1.165, 1.54) is 21.3 Å². The van der Waals surface area contributed by atoms with Crippen molar-refractivity contribution in [1.82, 2.24) is 0 Å². The largest absolute Gasteiger partial charge is 0.464 e. The number of nitrogens with zero attached hydrogens (tertiary/aromatic N) is 2. The fraction of sp³-hybridized carbons (Fsp3) is 0.200. The summed E-state index contributed by atoms with van der Waals surface area (Å²) in [5, 5.41) is 7.55. The van der Waals surface area contributed by atoms with Gasteiger partial charge in [0.2, 0.25) is 5.78 Å². The summed E-state index contributed by atoms with van der Waals surface area (Å²) in [5.41, 5.74) is 1.26. The van der Waals surface area contributed by atoms with E-state index in [0.29, 0.717) is 16.8 Å². The summed E-state index contributed by atoms with van der Waals surface area (Å²) >= 11 is 0. The lowest BCUT2D eigenvalue weighted by Crippen LogP contribution is -2.21. The topological polar surface area (TPSA) is 86.6 Å². The van der Waals surface area contributed by atoms with Crippen molar-refractivity contribution < 1.29 is 24.0 Å². The maximum Gasteiger partial charge on any atom is 0.360 e. The summed E-state index contributed by atoms with van der Waals surface area (Å²) in [6.45, 7) is 0. The Labute approximate surface area is 157 Å². The van der Waals surface area contributed by atoms with E-state index in [1.807, 2.05) is 0 Å². The Morgan fingerprint density at radius 2 is 1.85 bits per heavy atom. The van der Waals surface area contributed by atoms with Crippen LogP contribution in [0.25, 0.3) is 0 Å². The van der Waals surface area contributed by atoms with Crippen LogP contribution in [-0.4, -0.2) is 44.5 Å². The first kappa shape index (κ1) is 19.7. The Hall–Kier alpha value is -3.66. The zero-order valence-electron chi connectivity index (χ0n) is 15.1. The molecule has 138 valence electrons. The molecule has 1 aromatic rings. The van der Waals surface area contributed by atoms with Crippen LogP contribution in [0.1, 0.15) is 11.1 Å². The molecular weight excluding hydrogens is 348 g/mol. The Morgan fingerprint density at radius 3 is 2.56 bits per heavy atom. The van der Waals surface area contributed by atoms with Crippen molar-refractivity contribution in [3.05, 3.63) is 59.7 Å². The van der Waals surface area contributed by atoms with Gasteiger partial charge in [-0.15, -0.1) is 0 Å². The third-order valence-electron chi connectivity index (χ3n) is 3.54. The van der Waals surface area contributed by atoms with Gasteiger partial charge in [0.1, 0.15) is 14.2 Å². The Kier molecular flexibility index (Phi) is 7.08. The van der Waals surface area contributed by atoms with Gasteiger partial charge in [-0.2, -0.15) is 0 Å². The van der Waals surface area contributed by atoms with E-state index in [1.54, 1.807) is 48.6 Å². The normalized spacial score (nSPS) is 17.1. The molecule has 0 aliphatic heterocycles. The van der Waals surface area contributed by atoms with Crippen molar-refractivity contribution in [2.75, 3.05) is 21.3 Å². The van der Waals surface area contributed by atoms with Gasteiger partial charge in [0.25, 0.3) is 0 Å². The van der Waals surface area contributed by atoms with E-state index in [0.717, 1.165) is 0 Å². The maximum atomic E-state index is 12.5. The standard InChI is InChI=1S/C20H18N2O5/c1-25-20(24)19(22-27-3)15-9-5-4-8-14(15)12-13-18(23)16-10-6-7-11-17(16)21-26-2/h4-11,16H,1-3H3. The van der Waals surface area contributed by atoms with Gasteiger partial charge in [-0.05, 0) is 18.1 Å². The number of allylic oxidation sites excluding steroid dienone is 4.